The topological polar surface area (TPSA) is 31.2 Å². The van der Waals surface area contributed by atoms with Crippen LogP contribution in [0, 0.1) is 0 Å². The molecule has 11 heavy (non-hydrogen) atoms. The second-order valence-corrected chi connectivity index (χ2v) is 2.28. The summed E-state index contributed by atoms with van der Waals surface area (Å²) in [4.78, 5) is 11.2. The number of methoxy groups -OCH3 is 1. The fraction of sp³-hybridized carbons (Fsp3) is 0.286. The molecule has 0 aliphatic heterocycles. The number of hydrogen-bond acceptors (Lipinski definition) is 2. The first kappa shape index (κ1) is 4.83. The Morgan fingerprint density at radius 2 is 2.64 bits per heavy atom. The van der Waals surface area contributed by atoms with Gasteiger partial charge in [-0.2, -0.15) is 0 Å². The van der Waals surface area contributed by atoms with Gasteiger partial charge in [0.15, 0.2) is 0 Å². The fourth-order valence-electron chi connectivity index (χ4n) is 0.701. The van der Waals surface area contributed by atoms with Gasteiger partial charge >= 0.3 is 5.97 Å². The highest BCUT2D eigenvalue weighted by Gasteiger charge is 2.13. The lowest BCUT2D eigenvalue weighted by Crippen LogP contribution is -2.07. The van der Waals surface area contributed by atoms with Crippen LogP contribution in [0.3, 0.4) is 0 Å². The van der Waals surface area contributed by atoms with Crippen molar-refractivity contribution in [2.45, 2.75) is 0 Å². The van der Waals surface area contributed by atoms with E-state index in [1.54, 1.807) is 0 Å². The molecule has 1 rings (SSSR count). The molecule has 0 saturated carbocycles. The highest BCUT2D eigenvalue weighted by Crippen LogP contribution is 2.16. The molecule has 1 heterocycles. The van der Waals surface area contributed by atoms with Crippen LogP contribution in [0.15, 0.2) is 12.3 Å². The number of aryl methyl sites for hydroxylation is 1. The van der Waals surface area contributed by atoms with Gasteiger partial charge in [-0.1, -0.05) is 11.6 Å². The monoisotopic (exact) mass is 176 g/mol. The average molecular weight is 177 g/mol. The molecule has 1 aromatic rings. The van der Waals surface area contributed by atoms with Gasteiger partial charge in [-0.05, 0) is 6.07 Å². The van der Waals surface area contributed by atoms with Crippen LogP contribution in [0.1, 0.15) is 14.6 Å². The SMILES string of the molecule is [2H]C([2H])([2H])n1ccc(Cl)c1C(=O)OC. The number of nitrogens with zero attached hydrogens (tertiary/aromatic N) is 1. The van der Waals surface area contributed by atoms with Crippen molar-refractivity contribution in [3.63, 3.8) is 0 Å². The van der Waals surface area contributed by atoms with Gasteiger partial charge in [0.25, 0.3) is 0 Å². The van der Waals surface area contributed by atoms with Crippen molar-refractivity contribution in [3.8, 4) is 0 Å². The number of rotatable bonds is 1. The van der Waals surface area contributed by atoms with E-state index in [4.69, 9.17) is 15.7 Å². The van der Waals surface area contributed by atoms with Crippen LogP contribution >= 0.6 is 11.6 Å². The van der Waals surface area contributed by atoms with Gasteiger partial charge in [0.2, 0.25) is 0 Å². The van der Waals surface area contributed by atoms with E-state index >= 15 is 0 Å². The Morgan fingerprint density at radius 3 is 3.18 bits per heavy atom. The zero-order valence-electron chi connectivity index (χ0n) is 8.80. The van der Waals surface area contributed by atoms with Crippen molar-refractivity contribution in [3.05, 3.63) is 23.0 Å². The molecule has 4 heteroatoms. The van der Waals surface area contributed by atoms with Crippen LogP contribution in [0.2, 0.25) is 5.02 Å². The number of hydrogen-bond donors (Lipinski definition) is 0. The first-order chi connectivity index (χ1) is 6.38. The highest BCUT2D eigenvalue weighted by molar-refractivity contribution is 6.33. The maximum absolute atomic E-state index is 11.2. The van der Waals surface area contributed by atoms with E-state index in [9.17, 15) is 4.79 Å². The number of halogens is 1. The van der Waals surface area contributed by atoms with E-state index in [1.165, 1.54) is 12.3 Å². The van der Waals surface area contributed by atoms with Crippen molar-refractivity contribution in [1.82, 2.24) is 4.57 Å². The first-order valence-corrected chi connectivity index (χ1v) is 3.21. The van der Waals surface area contributed by atoms with Crippen LogP contribution in [-0.2, 0) is 11.7 Å². The molecule has 0 amide bonds. The molecule has 0 fully saturated rings. The molecule has 60 valence electrons. The van der Waals surface area contributed by atoms with Gasteiger partial charge in [-0.25, -0.2) is 4.79 Å². The lowest BCUT2D eigenvalue weighted by atomic mass is 10.4. The maximum atomic E-state index is 11.2. The van der Waals surface area contributed by atoms with E-state index in [-0.39, 0.29) is 10.7 Å². The van der Waals surface area contributed by atoms with E-state index in [0.29, 0.717) is 0 Å². The summed E-state index contributed by atoms with van der Waals surface area (Å²) in [5, 5.41) is 0.0629. The Kier molecular flexibility index (Phi) is 1.30. The Labute approximate surface area is 73.7 Å². The van der Waals surface area contributed by atoms with Crippen LogP contribution in [0.4, 0.5) is 0 Å². The van der Waals surface area contributed by atoms with Crippen molar-refractivity contribution in [1.29, 1.82) is 0 Å². The summed E-state index contributed by atoms with van der Waals surface area (Å²) < 4.78 is 26.6. The maximum Gasteiger partial charge on any atom is 0.356 e. The van der Waals surface area contributed by atoms with Crippen molar-refractivity contribution >= 4 is 17.6 Å². The zero-order valence-corrected chi connectivity index (χ0v) is 6.55. The molecule has 3 nitrogen and oxygen atoms in total. The third-order valence-electron chi connectivity index (χ3n) is 1.22. The normalized spacial score (nSPS) is 14.9. The molecule has 0 saturated heterocycles. The molecule has 0 spiro atoms. The van der Waals surface area contributed by atoms with Gasteiger partial charge in [0.1, 0.15) is 5.69 Å². The van der Waals surface area contributed by atoms with Crippen LogP contribution in [0.25, 0.3) is 0 Å². The number of ether oxygens (including phenoxy) is 1. The summed E-state index contributed by atoms with van der Waals surface area (Å²) >= 11 is 5.65. The van der Waals surface area contributed by atoms with Gasteiger partial charge in [-0.15, -0.1) is 0 Å². The number of aromatic nitrogens is 1. The van der Waals surface area contributed by atoms with Crippen molar-refractivity contribution < 1.29 is 13.6 Å². The van der Waals surface area contributed by atoms with Crippen LogP contribution < -0.4 is 0 Å². The Morgan fingerprint density at radius 1 is 1.91 bits per heavy atom. The minimum Gasteiger partial charge on any atom is -0.464 e. The molecule has 0 aromatic carbocycles. The van der Waals surface area contributed by atoms with E-state index in [2.05, 4.69) is 4.74 Å². The lowest BCUT2D eigenvalue weighted by Gasteiger charge is -2.00. The molecular formula is C7H8ClNO2. The molecule has 0 aliphatic rings. The molecule has 0 N–H and O–H groups in total. The smallest absolute Gasteiger partial charge is 0.356 e. The van der Waals surface area contributed by atoms with Gasteiger partial charge in [0.05, 0.1) is 12.1 Å². The van der Waals surface area contributed by atoms with E-state index in [0.717, 1.165) is 11.7 Å². The number of esters is 1. The van der Waals surface area contributed by atoms with Crippen molar-refractivity contribution in [2.24, 2.45) is 6.98 Å². The second kappa shape index (κ2) is 2.96. The molecule has 0 unspecified atom stereocenters. The molecule has 1 aromatic heterocycles. The van der Waals surface area contributed by atoms with E-state index in [1.807, 2.05) is 0 Å². The fourth-order valence-corrected chi connectivity index (χ4v) is 0.926. The van der Waals surface area contributed by atoms with Crippen LogP contribution in [-0.4, -0.2) is 17.6 Å². The summed E-state index contributed by atoms with van der Waals surface area (Å²) in [6.45, 7) is -2.43. The molecular weight excluding hydrogens is 166 g/mol. The first-order valence-electron chi connectivity index (χ1n) is 4.33. The highest BCUT2D eigenvalue weighted by atomic mass is 35.5. The summed E-state index contributed by atoms with van der Waals surface area (Å²) in [5.41, 5.74) is -0.158. The predicted molar refractivity (Wildman–Crippen MR) is 41.8 cm³/mol. The standard InChI is InChI=1S/C7H8ClNO2/c1-9-4-3-5(8)6(9)7(10)11-2/h3-4H,1-2H3/i1D3. The predicted octanol–water partition coefficient (Wildman–Crippen LogP) is 1.47. The van der Waals surface area contributed by atoms with Crippen molar-refractivity contribution in [2.75, 3.05) is 7.11 Å². The third kappa shape index (κ3) is 1.38. The van der Waals surface area contributed by atoms with Crippen LogP contribution in [0.5, 0.6) is 0 Å². The summed E-state index contributed by atoms with van der Waals surface area (Å²) in [6, 6.07) is 1.33. The number of carbonyl (C=O) groups excluding carboxylic acids is 1. The quantitative estimate of drug-likeness (QED) is 0.607. The van der Waals surface area contributed by atoms with Gasteiger partial charge in [-0.3, -0.25) is 0 Å². The minimum absolute atomic E-state index is 0.0629. The molecule has 0 atom stereocenters. The average Bonchev–Trinajstić information content (AvgIpc) is 2.45. The van der Waals surface area contributed by atoms with Gasteiger partial charge < -0.3 is 9.30 Å². The molecule has 0 bridgehead atoms. The Balaban J connectivity index is 3.26. The summed E-state index contributed by atoms with van der Waals surface area (Å²) in [5.74, 6) is -0.767. The number of carbonyl (C=O) groups is 1. The largest absolute Gasteiger partial charge is 0.464 e. The Bertz CT molecular complexity index is 358. The molecule has 0 aliphatic carbocycles. The van der Waals surface area contributed by atoms with Gasteiger partial charge in [0, 0.05) is 17.3 Å². The van der Waals surface area contributed by atoms with E-state index < -0.39 is 12.9 Å². The summed E-state index contributed by atoms with van der Waals surface area (Å²) in [6.07, 6.45) is 1.22. The second-order valence-electron chi connectivity index (χ2n) is 1.87. The molecule has 0 radical (unpaired) electrons. The zero-order chi connectivity index (χ0) is 10.9. The summed E-state index contributed by atoms with van der Waals surface area (Å²) in [7, 11) is 1.16. The third-order valence-corrected chi connectivity index (χ3v) is 1.52. The lowest BCUT2D eigenvalue weighted by molar-refractivity contribution is 0.0590. The Hall–Kier alpha value is -0.960. The minimum atomic E-state index is -2.43.